The molecule has 27 heteroatoms. The molecule has 3 aromatic carbocycles. The molecule has 0 aromatic heterocycles. The fourth-order valence-corrected chi connectivity index (χ4v) is 16.5. The number of nitrogens with one attached hydrogen (secondary N) is 2. The molecule has 0 radical (unpaired) electrons. The molecule has 3 aromatic rings. The Morgan fingerprint density at radius 3 is 1.94 bits per heavy atom. The van der Waals surface area contributed by atoms with Gasteiger partial charge < -0.3 is 68.9 Å². The number of amides is 4. The van der Waals surface area contributed by atoms with Gasteiger partial charge in [0.15, 0.2) is 0 Å². The van der Waals surface area contributed by atoms with E-state index in [9.17, 15) is 48.6 Å². The largest absolute Gasteiger partial charge is 0.502 e. The average Bonchev–Trinajstić information content (AvgIpc) is 1.59. The van der Waals surface area contributed by atoms with Crippen molar-refractivity contribution in [2.45, 2.75) is 228 Å². The summed E-state index contributed by atoms with van der Waals surface area (Å²) in [5, 5.41) is 26.9. The molecule has 4 heterocycles. The number of ether oxygens (including phenoxy) is 7. The van der Waals surface area contributed by atoms with Crippen LogP contribution in [0.5, 0.6) is 5.75 Å². The fourth-order valence-electron chi connectivity index (χ4n) is 14.5. The van der Waals surface area contributed by atoms with Crippen LogP contribution in [0.25, 0.3) is 0 Å². The number of esters is 4. The number of aliphatic hydroxyl groups is 2. The zero-order valence-electron chi connectivity index (χ0n) is 67.1. The van der Waals surface area contributed by atoms with Crippen molar-refractivity contribution < 1.29 is 95.2 Å². The molecule has 10 atom stereocenters. The van der Waals surface area contributed by atoms with Crippen LogP contribution in [0.1, 0.15) is 172 Å². The molecule has 4 amide bonds. The molecule has 23 nitrogen and oxygen atoms in total. The van der Waals surface area contributed by atoms with E-state index < -0.39 is 119 Å². The monoisotopic (exact) mass is 1680 g/mol. The Hall–Kier alpha value is -6.76. The number of rotatable bonds is 23. The van der Waals surface area contributed by atoms with Gasteiger partial charge in [0.25, 0.3) is 0 Å². The number of anilines is 2. The summed E-state index contributed by atoms with van der Waals surface area (Å²) in [4.78, 5) is 112. The molecule has 2 saturated carbocycles. The third-order valence-electron chi connectivity index (χ3n) is 19.1. The minimum atomic E-state index is -1.85. The van der Waals surface area contributed by atoms with Crippen molar-refractivity contribution in [3.8, 4) is 5.75 Å². The van der Waals surface area contributed by atoms with Crippen LogP contribution in [-0.4, -0.2) is 191 Å². The maximum Gasteiger partial charge on any atom is 0.332 e. The van der Waals surface area contributed by atoms with Gasteiger partial charge in [-0.3, -0.25) is 28.8 Å². The minimum absolute atomic E-state index is 0.0199. The predicted molar refractivity (Wildman–Crippen MR) is 425 cm³/mol. The Balaban J connectivity index is 0.000000240. The Morgan fingerprint density at radius 2 is 1.39 bits per heavy atom. The van der Waals surface area contributed by atoms with Crippen LogP contribution >= 0.6 is 31.0 Å². The van der Waals surface area contributed by atoms with Gasteiger partial charge in [-0.2, -0.15) is 6.67 Å². The van der Waals surface area contributed by atoms with Crippen molar-refractivity contribution in [3.63, 3.8) is 0 Å². The van der Waals surface area contributed by atoms with Crippen molar-refractivity contribution in [1.82, 2.24) is 20.4 Å². The molecule has 0 spiro atoms. The summed E-state index contributed by atoms with van der Waals surface area (Å²) in [6.07, 6.45) is 7.47. The van der Waals surface area contributed by atoms with E-state index in [0.717, 1.165) is 24.4 Å². The second kappa shape index (κ2) is 41.9. The number of hydrogen-bond donors (Lipinski definition) is 4. The number of halogens is 3. The molecular formula is C83H118Cl3N6O17Ru-. The molecule has 6 aliphatic rings. The SMILES string of the molecule is C=CCOCCC[C@H](CC(=O)OC(C)(C)C)C(=O)N1C[C@H](O)C[C@H]1C(=O)N[C@]1(C(=O)OCC)C[C@H]1C=C.CC(C)Oc1ccc(Cl)cc1[CH]=[Ru]([Cl])[Cl].CCOC(=O)[C@@]12C[C@H]1/C=C\COCCC[C@H](CC(=O)OC(C)(C)C)C(=O)N1C[C@H](O)C[C@H]1C(=O)N2.Cc1cc(C)c(N2[CH-]N(c3c(C)cc(C)cc3C)CC2)c(C)c1. The molecule has 9 rings (SSSR count). The number of β-amino-alcohol motifs (C(OH)–C–C–N with tert-alkyl or cyclic N) is 1. The molecule has 2 aliphatic carbocycles. The molecule has 612 valence electrons. The molecule has 0 unspecified atom stereocenters. The number of benzene rings is 3. The van der Waals surface area contributed by atoms with E-state index in [1.54, 1.807) is 73.6 Å². The number of aryl methyl sites for hydroxylation is 6. The van der Waals surface area contributed by atoms with E-state index in [4.69, 9.17) is 64.1 Å². The second-order valence-electron chi connectivity index (χ2n) is 31.3. The first kappa shape index (κ1) is 92.1. The van der Waals surface area contributed by atoms with E-state index in [0.29, 0.717) is 70.0 Å². The summed E-state index contributed by atoms with van der Waals surface area (Å²) in [6, 6.07) is 12.6. The number of carbonyl (C=O) groups is 8. The van der Waals surface area contributed by atoms with E-state index in [1.807, 2.05) is 42.7 Å². The van der Waals surface area contributed by atoms with E-state index in [-0.39, 0.29) is 69.9 Å². The number of nitrogens with zero attached hydrogens (tertiary/aromatic N) is 4. The van der Waals surface area contributed by atoms with Crippen molar-refractivity contribution in [3.05, 3.63) is 131 Å². The molecule has 4 aliphatic heterocycles. The molecule has 3 saturated heterocycles. The smallest absolute Gasteiger partial charge is 0.332 e. The van der Waals surface area contributed by atoms with Gasteiger partial charge in [-0.15, -0.1) is 13.2 Å². The minimum Gasteiger partial charge on any atom is -0.502 e. The first-order valence-corrected chi connectivity index (χ1v) is 43.8. The van der Waals surface area contributed by atoms with Crippen molar-refractivity contribution in [1.29, 1.82) is 0 Å². The number of aliphatic hydroxyl groups excluding tert-OH is 2. The van der Waals surface area contributed by atoms with Crippen LogP contribution < -0.4 is 25.2 Å². The van der Waals surface area contributed by atoms with Gasteiger partial charge >= 0.3 is 132 Å². The van der Waals surface area contributed by atoms with Crippen LogP contribution in [0.3, 0.4) is 0 Å². The number of fused-ring (bicyclic) bond motifs is 2. The first-order chi connectivity index (χ1) is 51.7. The summed E-state index contributed by atoms with van der Waals surface area (Å²) in [5.74, 6) is -5.19. The summed E-state index contributed by atoms with van der Waals surface area (Å²) in [6.45, 7) is 44.4. The third kappa shape index (κ3) is 27.0. The quantitative estimate of drug-likeness (QED) is 0.0171. The van der Waals surface area contributed by atoms with Crippen LogP contribution in [0.15, 0.2) is 79.9 Å². The van der Waals surface area contributed by atoms with Gasteiger partial charge in [-0.25, -0.2) is 9.59 Å². The van der Waals surface area contributed by atoms with Crippen molar-refractivity contribution >= 4 is 94.5 Å². The summed E-state index contributed by atoms with van der Waals surface area (Å²) in [7, 11) is 11.7. The third-order valence-corrected chi connectivity index (χ3v) is 21.2. The molecule has 0 bridgehead atoms. The van der Waals surface area contributed by atoms with Gasteiger partial charge in [-0.05, 0) is 158 Å². The summed E-state index contributed by atoms with van der Waals surface area (Å²) in [5.41, 5.74) is 7.90. The molecular weight excluding hydrogens is 1560 g/mol. The Kier molecular flexibility index (Phi) is 35.0. The molecule has 110 heavy (non-hydrogen) atoms. The van der Waals surface area contributed by atoms with E-state index >= 15 is 0 Å². The van der Waals surface area contributed by atoms with E-state index in [2.05, 4.69) is 106 Å². The van der Waals surface area contributed by atoms with Crippen LogP contribution in [0.4, 0.5) is 11.4 Å². The zero-order valence-corrected chi connectivity index (χ0v) is 71.1. The van der Waals surface area contributed by atoms with Gasteiger partial charge in [0.1, 0.15) is 34.4 Å². The molecule has 4 N–H and O–H groups in total. The Labute approximate surface area is 669 Å². The second-order valence-corrected chi connectivity index (χ2v) is 37.5. The maximum atomic E-state index is 13.6. The van der Waals surface area contributed by atoms with Gasteiger partial charge in [0.2, 0.25) is 23.6 Å². The standard InChI is InChI=1S/C27H42N2O8.C25H38N2O8.C21H27N2.C10H11ClO.2ClH.Ru/c1-7-12-35-13-10-11-18(14-22(31)37-26(4,5)6)24(33)29-17-20(30)15-21(29)23(32)28-27(16-19(27)8-2)25(34)36-9-3;1-5-34-23(32)25-14-17(25)9-7-11-33-10-6-8-16(12-20(29)35-24(2,3)4)22(31)27-15-18(28)13-19(27)21(30)26-25;1-14-9-16(3)20(17(4)10-14)22-7-8-23(13-22)21-18(5)11-15(2)12-19(21)6;1-7(2)12-10-5-4-9(11)6-8(10)3;;;/h7-8,18-21,30H,1-2,9-17H2,3-6H3,(H,28,32);7,9,16-19,28H,5-6,8,10-15H2,1-4H3,(H,26,30);9-13H,7-8H2,1-6H3;3-7H,1-2H3;2*1H;/q;;-1;;;;+2/p-2/b;9-7-;;;;;/t18-,19-,20-,21+,27-;16-,17-,18-,19+,25-;;;;;/m11...../s1. The predicted octanol–water partition coefficient (Wildman–Crippen LogP) is 12.2. The van der Waals surface area contributed by atoms with Crippen molar-refractivity contribution in [2.24, 2.45) is 23.7 Å². The zero-order chi connectivity index (χ0) is 81.8. The maximum absolute atomic E-state index is 13.6. The topological polar surface area (TPSA) is 279 Å². The number of likely N-dealkylation sites (tertiary alicyclic amines) is 1. The summed E-state index contributed by atoms with van der Waals surface area (Å²) < 4.78 is 39.7. The van der Waals surface area contributed by atoms with Gasteiger partial charge in [-0.1, -0.05) is 59.7 Å². The van der Waals surface area contributed by atoms with Crippen LogP contribution in [0.2, 0.25) is 5.02 Å². The average molecular weight is 1680 g/mol. The first-order valence-electron chi connectivity index (χ1n) is 38.0. The summed E-state index contributed by atoms with van der Waals surface area (Å²) >= 11 is 4.04. The van der Waals surface area contributed by atoms with Crippen LogP contribution in [0, 0.1) is 71.9 Å². The fraction of sp³-hybridized carbons (Fsp3) is 0.590. The van der Waals surface area contributed by atoms with Gasteiger partial charge in [0, 0.05) is 87.3 Å². The Bertz CT molecular complexity index is 3690. The Morgan fingerprint density at radius 1 is 0.809 bits per heavy atom. The number of carbonyl (C=O) groups excluding carboxylic acids is 8. The molecule has 5 fully saturated rings. The normalized spacial score (nSPS) is 23.7. The number of hydrogen-bond acceptors (Lipinski definition) is 19. The van der Waals surface area contributed by atoms with E-state index in [1.165, 1.54) is 54.6 Å². The van der Waals surface area contributed by atoms with Crippen molar-refractivity contribution in [2.75, 3.05) is 75.6 Å². The van der Waals surface area contributed by atoms with Crippen LogP contribution in [-0.2, 0) is 80.3 Å². The van der Waals surface area contributed by atoms with Gasteiger partial charge in [0.05, 0.1) is 51.5 Å².